The molecule has 0 aliphatic heterocycles. The number of aliphatic carboxylic acids is 1. The van der Waals surface area contributed by atoms with Crippen LogP contribution < -0.4 is 4.74 Å². The molecule has 2 aromatic carbocycles. The molecule has 0 radical (unpaired) electrons. The number of para-hydroxylation sites is 1. The summed E-state index contributed by atoms with van der Waals surface area (Å²) in [5, 5.41) is 9.87. The molecule has 2 N–H and O–H groups in total. The summed E-state index contributed by atoms with van der Waals surface area (Å²) >= 11 is 0. The molecule has 4 nitrogen and oxygen atoms in total. The second kappa shape index (κ2) is 7.01. The summed E-state index contributed by atoms with van der Waals surface area (Å²) in [5.41, 5.74) is 3.33. The molecule has 0 saturated heterocycles. The van der Waals surface area contributed by atoms with Gasteiger partial charge >= 0.3 is 5.97 Å². The zero-order chi connectivity index (χ0) is 16.1. The van der Waals surface area contributed by atoms with Gasteiger partial charge in [-0.25, -0.2) is 0 Å². The number of carboxylic acid groups (broad SMARTS) is 1. The third-order valence-electron chi connectivity index (χ3n) is 3.82. The summed E-state index contributed by atoms with van der Waals surface area (Å²) in [6, 6.07) is 16.0. The molecular weight excluding hydrogens is 290 g/mol. The van der Waals surface area contributed by atoms with E-state index in [9.17, 15) is 4.79 Å². The van der Waals surface area contributed by atoms with Crippen molar-refractivity contribution in [1.29, 1.82) is 0 Å². The van der Waals surface area contributed by atoms with Crippen LogP contribution >= 0.6 is 0 Å². The van der Waals surface area contributed by atoms with Crippen molar-refractivity contribution in [1.82, 2.24) is 4.98 Å². The number of fused-ring (bicyclic) bond motifs is 1. The lowest BCUT2D eigenvalue weighted by molar-refractivity contribution is -0.137. The molecule has 3 rings (SSSR count). The van der Waals surface area contributed by atoms with E-state index in [-0.39, 0.29) is 6.42 Å². The van der Waals surface area contributed by atoms with Crippen LogP contribution in [0, 0.1) is 0 Å². The van der Waals surface area contributed by atoms with Crippen LogP contribution in [0.1, 0.15) is 24.0 Å². The van der Waals surface area contributed by atoms with Crippen LogP contribution in [0.4, 0.5) is 0 Å². The summed E-state index contributed by atoms with van der Waals surface area (Å²) in [4.78, 5) is 13.8. The van der Waals surface area contributed by atoms with E-state index in [1.807, 2.05) is 48.7 Å². The summed E-state index contributed by atoms with van der Waals surface area (Å²) in [5.74, 6) is 0.0554. The minimum atomic E-state index is -0.753. The maximum atomic E-state index is 10.6. The van der Waals surface area contributed by atoms with Gasteiger partial charge in [-0.15, -0.1) is 0 Å². The van der Waals surface area contributed by atoms with Gasteiger partial charge in [0.05, 0.1) is 0 Å². The van der Waals surface area contributed by atoms with Crippen LogP contribution in [0.3, 0.4) is 0 Å². The first kappa shape index (κ1) is 15.2. The Hall–Kier alpha value is -2.75. The van der Waals surface area contributed by atoms with E-state index >= 15 is 0 Å². The predicted molar refractivity (Wildman–Crippen MR) is 89.6 cm³/mol. The summed E-state index contributed by atoms with van der Waals surface area (Å²) < 4.78 is 5.89. The molecule has 0 amide bonds. The lowest BCUT2D eigenvalue weighted by Crippen LogP contribution is -1.97. The van der Waals surface area contributed by atoms with Crippen molar-refractivity contribution in [2.24, 2.45) is 0 Å². The number of rotatable bonds is 7. The molecule has 0 aliphatic rings. The Labute approximate surface area is 134 Å². The first-order valence-electron chi connectivity index (χ1n) is 7.71. The number of aromatic amines is 1. The van der Waals surface area contributed by atoms with Gasteiger partial charge in [0.15, 0.2) is 0 Å². The van der Waals surface area contributed by atoms with Gasteiger partial charge in [-0.1, -0.05) is 30.3 Å². The number of ether oxygens (including phenoxy) is 1. The van der Waals surface area contributed by atoms with E-state index < -0.39 is 5.97 Å². The van der Waals surface area contributed by atoms with Gasteiger partial charge in [-0.3, -0.25) is 4.79 Å². The van der Waals surface area contributed by atoms with Crippen LogP contribution in [-0.4, -0.2) is 16.1 Å². The Bertz CT molecular complexity index is 807. The fraction of sp³-hybridized carbons (Fsp3) is 0.211. The van der Waals surface area contributed by atoms with Crippen LogP contribution in [0.25, 0.3) is 10.9 Å². The van der Waals surface area contributed by atoms with Crippen molar-refractivity contribution in [2.75, 3.05) is 0 Å². The number of carboxylic acids is 1. The Morgan fingerprint density at radius 2 is 2.00 bits per heavy atom. The standard InChI is InChI=1S/C19H19NO3/c21-19(22)10-4-6-14-5-3-7-16(11-14)23-13-15-12-20-18-9-2-1-8-17(15)18/h1-3,5,7-9,11-12,20H,4,6,10,13H2,(H,21,22). The molecule has 118 valence electrons. The number of aromatic nitrogens is 1. The average Bonchev–Trinajstić information content (AvgIpc) is 2.96. The van der Waals surface area contributed by atoms with E-state index in [2.05, 4.69) is 11.1 Å². The van der Waals surface area contributed by atoms with Gasteiger partial charge < -0.3 is 14.8 Å². The van der Waals surface area contributed by atoms with E-state index in [0.717, 1.165) is 28.8 Å². The normalized spacial score (nSPS) is 10.8. The second-order valence-electron chi connectivity index (χ2n) is 5.54. The third kappa shape index (κ3) is 3.92. The molecule has 0 unspecified atom stereocenters. The van der Waals surface area contributed by atoms with Crippen molar-refractivity contribution >= 4 is 16.9 Å². The largest absolute Gasteiger partial charge is 0.489 e. The van der Waals surface area contributed by atoms with Crippen molar-refractivity contribution < 1.29 is 14.6 Å². The van der Waals surface area contributed by atoms with E-state index in [1.165, 1.54) is 5.39 Å². The van der Waals surface area contributed by atoms with E-state index in [4.69, 9.17) is 9.84 Å². The lowest BCUT2D eigenvalue weighted by Gasteiger charge is -2.07. The monoisotopic (exact) mass is 309 g/mol. The van der Waals surface area contributed by atoms with Gasteiger partial charge in [-0.05, 0) is 36.6 Å². The zero-order valence-electron chi connectivity index (χ0n) is 12.8. The molecule has 0 aliphatic carbocycles. The third-order valence-corrected chi connectivity index (χ3v) is 3.82. The molecule has 0 spiro atoms. The average molecular weight is 309 g/mol. The van der Waals surface area contributed by atoms with Crippen LogP contribution in [0.5, 0.6) is 5.75 Å². The zero-order valence-corrected chi connectivity index (χ0v) is 12.8. The first-order valence-corrected chi connectivity index (χ1v) is 7.71. The fourth-order valence-electron chi connectivity index (χ4n) is 2.65. The van der Waals surface area contributed by atoms with E-state index in [0.29, 0.717) is 13.0 Å². The van der Waals surface area contributed by atoms with Gasteiger partial charge in [0.2, 0.25) is 0 Å². The SMILES string of the molecule is O=C(O)CCCc1cccc(OCc2c[nH]c3ccccc23)c1. The molecule has 0 fully saturated rings. The highest BCUT2D eigenvalue weighted by atomic mass is 16.5. The van der Waals surface area contributed by atoms with Crippen molar-refractivity contribution in [3.05, 3.63) is 65.9 Å². The predicted octanol–water partition coefficient (Wildman–Crippen LogP) is 4.15. The highest BCUT2D eigenvalue weighted by Gasteiger charge is 2.04. The number of benzene rings is 2. The minimum Gasteiger partial charge on any atom is -0.489 e. The number of hydrogen-bond donors (Lipinski definition) is 2. The first-order chi connectivity index (χ1) is 11.2. The van der Waals surface area contributed by atoms with Crippen LogP contribution in [-0.2, 0) is 17.8 Å². The van der Waals surface area contributed by atoms with Gasteiger partial charge in [-0.2, -0.15) is 0 Å². The quantitative estimate of drug-likeness (QED) is 0.689. The number of carbonyl (C=O) groups is 1. The number of aryl methyl sites for hydroxylation is 1. The summed E-state index contributed by atoms with van der Waals surface area (Å²) in [6.45, 7) is 0.503. The molecule has 4 heteroatoms. The Morgan fingerprint density at radius 1 is 1.13 bits per heavy atom. The smallest absolute Gasteiger partial charge is 0.303 e. The lowest BCUT2D eigenvalue weighted by atomic mass is 10.1. The molecule has 0 saturated carbocycles. The Morgan fingerprint density at radius 3 is 2.87 bits per heavy atom. The van der Waals surface area contributed by atoms with E-state index in [1.54, 1.807) is 0 Å². The molecule has 1 aromatic heterocycles. The summed E-state index contributed by atoms with van der Waals surface area (Å²) in [6.07, 6.45) is 3.56. The molecule has 0 atom stereocenters. The molecule has 0 bridgehead atoms. The van der Waals surface area contributed by atoms with Crippen molar-refractivity contribution in [3.63, 3.8) is 0 Å². The van der Waals surface area contributed by atoms with Crippen molar-refractivity contribution in [2.45, 2.75) is 25.9 Å². The maximum absolute atomic E-state index is 10.6. The number of hydrogen-bond acceptors (Lipinski definition) is 2. The number of H-pyrrole nitrogens is 1. The van der Waals surface area contributed by atoms with Crippen molar-refractivity contribution in [3.8, 4) is 5.75 Å². The fourth-order valence-corrected chi connectivity index (χ4v) is 2.65. The molecular formula is C19H19NO3. The van der Waals surface area contributed by atoms with Crippen LogP contribution in [0.2, 0.25) is 0 Å². The number of nitrogens with one attached hydrogen (secondary N) is 1. The topological polar surface area (TPSA) is 62.3 Å². The van der Waals surface area contributed by atoms with Gasteiger partial charge in [0, 0.05) is 29.1 Å². The van der Waals surface area contributed by atoms with Gasteiger partial charge in [0.25, 0.3) is 0 Å². The highest BCUT2D eigenvalue weighted by Crippen LogP contribution is 2.21. The minimum absolute atomic E-state index is 0.195. The van der Waals surface area contributed by atoms with Crippen LogP contribution in [0.15, 0.2) is 54.7 Å². The highest BCUT2D eigenvalue weighted by molar-refractivity contribution is 5.82. The summed E-state index contributed by atoms with van der Waals surface area (Å²) in [7, 11) is 0. The molecule has 1 heterocycles. The maximum Gasteiger partial charge on any atom is 0.303 e. The Kier molecular flexibility index (Phi) is 4.62. The Balaban J connectivity index is 1.63. The van der Waals surface area contributed by atoms with Gasteiger partial charge in [0.1, 0.15) is 12.4 Å². The molecule has 23 heavy (non-hydrogen) atoms. The second-order valence-corrected chi connectivity index (χ2v) is 5.54. The molecule has 3 aromatic rings.